The molecule has 0 bridgehead atoms. The molecule has 0 spiro atoms. The van der Waals surface area contributed by atoms with Crippen molar-refractivity contribution in [2.24, 2.45) is 0 Å². The van der Waals surface area contributed by atoms with Crippen molar-refractivity contribution < 1.29 is 9.53 Å². The number of rotatable bonds is 5. The summed E-state index contributed by atoms with van der Waals surface area (Å²) in [6, 6.07) is 0. The Labute approximate surface area is 84.8 Å². The molecule has 0 aromatic carbocycles. The third-order valence-corrected chi connectivity index (χ3v) is 2.44. The van der Waals surface area contributed by atoms with Crippen LogP contribution in [0.3, 0.4) is 0 Å². The Morgan fingerprint density at radius 1 is 1.62 bits per heavy atom. The average molecular weight is 208 g/mol. The molecule has 0 saturated heterocycles. The molecule has 0 aliphatic heterocycles. The van der Waals surface area contributed by atoms with Gasteiger partial charge in [0.15, 0.2) is 0 Å². The van der Waals surface area contributed by atoms with Gasteiger partial charge in [0.2, 0.25) is 5.91 Å². The minimum atomic E-state index is -0.393. The van der Waals surface area contributed by atoms with Crippen LogP contribution in [-0.2, 0) is 9.53 Å². The minimum Gasteiger partial charge on any atom is -0.372 e. The highest BCUT2D eigenvalue weighted by Crippen LogP contribution is 2.14. The van der Waals surface area contributed by atoms with Gasteiger partial charge in [0.25, 0.3) is 0 Å². The van der Waals surface area contributed by atoms with E-state index in [1.165, 1.54) is 0 Å². The number of alkyl halides is 1. The molecule has 13 heavy (non-hydrogen) atoms. The van der Waals surface area contributed by atoms with Gasteiger partial charge >= 0.3 is 0 Å². The van der Waals surface area contributed by atoms with Crippen molar-refractivity contribution in [3.63, 3.8) is 0 Å². The summed E-state index contributed by atoms with van der Waals surface area (Å²) in [6.07, 6.45) is 0. The first-order valence-corrected chi connectivity index (χ1v) is 4.86. The van der Waals surface area contributed by atoms with Crippen LogP contribution in [0.4, 0.5) is 0 Å². The Kier molecular flexibility index (Phi) is 5.33. The van der Waals surface area contributed by atoms with Gasteiger partial charge in [-0.05, 0) is 27.7 Å². The Balaban J connectivity index is 3.90. The van der Waals surface area contributed by atoms with Gasteiger partial charge in [0.1, 0.15) is 6.61 Å². The molecule has 78 valence electrons. The normalized spacial score (nSPS) is 13.9. The molecule has 0 aliphatic carbocycles. The molecule has 4 heteroatoms. The fourth-order valence-corrected chi connectivity index (χ4v) is 0.744. The highest BCUT2D eigenvalue weighted by atomic mass is 35.5. The summed E-state index contributed by atoms with van der Waals surface area (Å²) < 4.78 is 4.97. The fraction of sp³-hybridized carbons (Fsp3) is 0.889. The number of carbonyl (C=O) groups is 1. The molecule has 1 atom stereocenters. The van der Waals surface area contributed by atoms with Crippen molar-refractivity contribution in [1.82, 2.24) is 5.32 Å². The Hall–Kier alpha value is -0.280. The maximum absolute atomic E-state index is 11.2. The lowest BCUT2D eigenvalue weighted by Gasteiger charge is -2.28. The number of hydrogen-bond acceptors (Lipinski definition) is 2. The number of nitrogens with one attached hydrogen (secondary N) is 1. The first-order chi connectivity index (χ1) is 5.90. The summed E-state index contributed by atoms with van der Waals surface area (Å²) in [4.78, 5) is 11.2. The van der Waals surface area contributed by atoms with E-state index in [2.05, 4.69) is 5.32 Å². The quantitative estimate of drug-likeness (QED) is 0.695. The highest BCUT2D eigenvalue weighted by Gasteiger charge is 2.25. The van der Waals surface area contributed by atoms with E-state index < -0.39 is 5.54 Å². The summed E-state index contributed by atoms with van der Waals surface area (Å²) >= 11 is 5.89. The predicted octanol–water partition coefficient (Wildman–Crippen LogP) is 1.54. The van der Waals surface area contributed by atoms with E-state index >= 15 is 0 Å². The minimum absolute atomic E-state index is 0.101. The zero-order valence-corrected chi connectivity index (χ0v) is 9.44. The maximum Gasteiger partial charge on any atom is 0.246 e. The third kappa shape index (κ3) is 5.11. The van der Waals surface area contributed by atoms with Gasteiger partial charge in [-0.15, -0.1) is 11.6 Å². The fourth-order valence-electron chi connectivity index (χ4n) is 0.690. The lowest BCUT2D eigenvalue weighted by atomic mass is 10.0. The molecule has 0 aliphatic rings. The van der Waals surface area contributed by atoms with Gasteiger partial charge in [0.05, 0.1) is 10.9 Å². The van der Waals surface area contributed by atoms with Crippen molar-refractivity contribution in [3.8, 4) is 0 Å². The number of hydrogen-bond donors (Lipinski definition) is 1. The molecular formula is C9H18ClNO2. The van der Waals surface area contributed by atoms with E-state index in [0.29, 0.717) is 6.61 Å². The molecule has 1 amide bonds. The first kappa shape index (κ1) is 12.7. The van der Waals surface area contributed by atoms with E-state index in [9.17, 15) is 4.79 Å². The largest absolute Gasteiger partial charge is 0.372 e. The summed E-state index contributed by atoms with van der Waals surface area (Å²) in [6.45, 7) is 8.11. The van der Waals surface area contributed by atoms with Crippen LogP contribution in [0.5, 0.6) is 0 Å². The smallest absolute Gasteiger partial charge is 0.246 e. The van der Waals surface area contributed by atoms with Gasteiger partial charge in [-0.1, -0.05) is 0 Å². The van der Waals surface area contributed by atoms with Gasteiger partial charge in [0, 0.05) is 6.61 Å². The molecule has 0 heterocycles. The monoisotopic (exact) mass is 207 g/mol. The summed E-state index contributed by atoms with van der Waals surface area (Å²) in [7, 11) is 0. The van der Waals surface area contributed by atoms with E-state index in [4.69, 9.17) is 16.3 Å². The SMILES string of the molecule is CCOCC(=O)NC(C)(C)C(C)Cl. The van der Waals surface area contributed by atoms with Crippen molar-refractivity contribution in [3.05, 3.63) is 0 Å². The van der Waals surface area contributed by atoms with E-state index in [1.807, 2.05) is 27.7 Å². The molecule has 0 rings (SSSR count). The van der Waals surface area contributed by atoms with Crippen LogP contribution in [0.15, 0.2) is 0 Å². The Bertz CT molecular complexity index is 169. The van der Waals surface area contributed by atoms with E-state index in [-0.39, 0.29) is 17.9 Å². The van der Waals surface area contributed by atoms with Crippen LogP contribution in [0, 0.1) is 0 Å². The zero-order chi connectivity index (χ0) is 10.5. The van der Waals surface area contributed by atoms with Crippen molar-refractivity contribution in [2.45, 2.75) is 38.6 Å². The molecule has 0 fully saturated rings. The van der Waals surface area contributed by atoms with Crippen molar-refractivity contribution in [1.29, 1.82) is 0 Å². The van der Waals surface area contributed by atoms with Gasteiger partial charge < -0.3 is 10.1 Å². The molecule has 1 N–H and O–H groups in total. The lowest BCUT2D eigenvalue weighted by Crippen LogP contribution is -2.50. The highest BCUT2D eigenvalue weighted by molar-refractivity contribution is 6.21. The number of ether oxygens (including phenoxy) is 1. The lowest BCUT2D eigenvalue weighted by molar-refractivity contribution is -0.127. The third-order valence-electron chi connectivity index (χ3n) is 1.89. The molecule has 0 aromatic heterocycles. The summed E-state index contributed by atoms with van der Waals surface area (Å²) in [5.74, 6) is -0.126. The summed E-state index contributed by atoms with van der Waals surface area (Å²) in [5, 5.41) is 2.68. The summed E-state index contributed by atoms with van der Waals surface area (Å²) in [5.41, 5.74) is -0.393. The van der Waals surface area contributed by atoms with Crippen LogP contribution in [0.1, 0.15) is 27.7 Å². The molecule has 0 saturated carbocycles. The van der Waals surface area contributed by atoms with Crippen LogP contribution in [0.2, 0.25) is 0 Å². The number of amides is 1. The second kappa shape index (κ2) is 5.45. The number of carbonyl (C=O) groups excluding carboxylic acids is 1. The van der Waals surface area contributed by atoms with Crippen molar-refractivity contribution in [2.75, 3.05) is 13.2 Å². The van der Waals surface area contributed by atoms with Gasteiger partial charge in [-0.3, -0.25) is 4.79 Å². The van der Waals surface area contributed by atoms with Crippen molar-refractivity contribution >= 4 is 17.5 Å². The molecule has 0 aromatic rings. The van der Waals surface area contributed by atoms with Gasteiger partial charge in [-0.25, -0.2) is 0 Å². The van der Waals surface area contributed by atoms with Crippen LogP contribution >= 0.6 is 11.6 Å². The van der Waals surface area contributed by atoms with Crippen LogP contribution < -0.4 is 5.32 Å². The van der Waals surface area contributed by atoms with E-state index in [0.717, 1.165) is 0 Å². The molecular weight excluding hydrogens is 190 g/mol. The predicted molar refractivity (Wildman–Crippen MR) is 54.0 cm³/mol. The molecule has 0 radical (unpaired) electrons. The van der Waals surface area contributed by atoms with Crippen LogP contribution in [0.25, 0.3) is 0 Å². The molecule has 1 unspecified atom stereocenters. The second-order valence-corrected chi connectivity index (χ2v) is 4.18. The first-order valence-electron chi connectivity index (χ1n) is 4.43. The Morgan fingerprint density at radius 2 is 2.15 bits per heavy atom. The second-order valence-electron chi connectivity index (χ2n) is 3.52. The maximum atomic E-state index is 11.2. The Morgan fingerprint density at radius 3 is 2.54 bits per heavy atom. The zero-order valence-electron chi connectivity index (χ0n) is 8.69. The standard InChI is InChI=1S/C9H18ClNO2/c1-5-13-6-8(12)11-9(3,4)7(2)10/h7H,5-6H2,1-4H3,(H,11,12). The topological polar surface area (TPSA) is 38.3 Å². The average Bonchev–Trinajstić information content (AvgIpc) is 1.99. The van der Waals surface area contributed by atoms with Gasteiger partial charge in [-0.2, -0.15) is 0 Å². The van der Waals surface area contributed by atoms with Crippen LogP contribution in [-0.4, -0.2) is 30.0 Å². The number of halogens is 1. The molecule has 3 nitrogen and oxygen atoms in total. The van der Waals surface area contributed by atoms with E-state index in [1.54, 1.807) is 0 Å².